The molecular weight excluding hydrogens is 310 g/mol. The van der Waals surface area contributed by atoms with Gasteiger partial charge in [-0.15, -0.1) is 0 Å². The standard InChI is InChI=1S/C22H27NO2/c1-17(2)25-21-11-7-6-10-20(21)22(24)23-14-12-19(13-15-23)16-18-8-4-3-5-9-18/h3-11,17,19H,12-16H2,1-2H3. The lowest BCUT2D eigenvalue weighted by Crippen LogP contribution is -2.39. The summed E-state index contributed by atoms with van der Waals surface area (Å²) in [6.45, 7) is 5.62. The largest absolute Gasteiger partial charge is 0.490 e. The van der Waals surface area contributed by atoms with Crippen LogP contribution in [0.4, 0.5) is 0 Å². The van der Waals surface area contributed by atoms with Crippen molar-refractivity contribution in [3.63, 3.8) is 0 Å². The first-order valence-electron chi connectivity index (χ1n) is 9.22. The Balaban J connectivity index is 1.60. The minimum Gasteiger partial charge on any atom is -0.490 e. The highest BCUT2D eigenvalue weighted by atomic mass is 16.5. The number of para-hydroxylation sites is 1. The third-order valence-electron chi connectivity index (χ3n) is 4.75. The van der Waals surface area contributed by atoms with Crippen LogP contribution in [0.2, 0.25) is 0 Å². The van der Waals surface area contributed by atoms with Crippen molar-refractivity contribution >= 4 is 5.91 Å². The minimum absolute atomic E-state index is 0.0607. The molecule has 0 bridgehead atoms. The monoisotopic (exact) mass is 337 g/mol. The molecule has 1 aliphatic rings. The number of nitrogens with zero attached hydrogens (tertiary/aromatic N) is 1. The Hall–Kier alpha value is -2.29. The Morgan fingerprint density at radius 1 is 1.04 bits per heavy atom. The average Bonchev–Trinajstić information content (AvgIpc) is 2.63. The molecule has 0 atom stereocenters. The molecule has 3 heteroatoms. The van der Waals surface area contributed by atoms with Crippen molar-refractivity contribution in [1.29, 1.82) is 0 Å². The van der Waals surface area contributed by atoms with Crippen molar-refractivity contribution in [3.05, 3.63) is 65.7 Å². The van der Waals surface area contributed by atoms with Crippen LogP contribution in [0, 0.1) is 5.92 Å². The fourth-order valence-electron chi connectivity index (χ4n) is 3.46. The lowest BCUT2D eigenvalue weighted by Gasteiger charge is -2.32. The van der Waals surface area contributed by atoms with E-state index >= 15 is 0 Å². The van der Waals surface area contributed by atoms with Crippen LogP contribution in [0.3, 0.4) is 0 Å². The molecule has 132 valence electrons. The predicted octanol–water partition coefficient (Wildman–Crippen LogP) is 4.57. The maximum Gasteiger partial charge on any atom is 0.257 e. The number of rotatable bonds is 5. The third kappa shape index (κ3) is 4.62. The quantitative estimate of drug-likeness (QED) is 0.800. The van der Waals surface area contributed by atoms with Gasteiger partial charge in [-0.05, 0) is 56.7 Å². The number of carbonyl (C=O) groups is 1. The summed E-state index contributed by atoms with van der Waals surface area (Å²) in [5.74, 6) is 1.44. The zero-order chi connectivity index (χ0) is 17.6. The molecule has 0 aromatic heterocycles. The van der Waals surface area contributed by atoms with Crippen molar-refractivity contribution in [2.75, 3.05) is 13.1 Å². The van der Waals surface area contributed by atoms with Crippen LogP contribution in [0.5, 0.6) is 5.75 Å². The van der Waals surface area contributed by atoms with Gasteiger partial charge in [0.1, 0.15) is 5.75 Å². The highest BCUT2D eigenvalue weighted by molar-refractivity contribution is 5.97. The summed E-state index contributed by atoms with van der Waals surface area (Å²) in [7, 11) is 0. The zero-order valence-electron chi connectivity index (χ0n) is 15.2. The van der Waals surface area contributed by atoms with Crippen molar-refractivity contribution < 1.29 is 9.53 Å². The van der Waals surface area contributed by atoms with Crippen LogP contribution in [-0.2, 0) is 6.42 Å². The summed E-state index contributed by atoms with van der Waals surface area (Å²) in [6, 6.07) is 18.2. The van der Waals surface area contributed by atoms with Gasteiger partial charge in [-0.3, -0.25) is 4.79 Å². The summed E-state index contributed by atoms with van der Waals surface area (Å²) in [6.07, 6.45) is 3.29. The molecule has 0 unspecified atom stereocenters. The molecule has 0 aliphatic carbocycles. The number of hydrogen-bond donors (Lipinski definition) is 0. The van der Waals surface area contributed by atoms with E-state index in [0.717, 1.165) is 32.4 Å². The van der Waals surface area contributed by atoms with Crippen molar-refractivity contribution in [3.8, 4) is 5.75 Å². The zero-order valence-corrected chi connectivity index (χ0v) is 15.2. The van der Waals surface area contributed by atoms with Gasteiger partial charge >= 0.3 is 0 Å². The first-order chi connectivity index (χ1) is 12.1. The smallest absolute Gasteiger partial charge is 0.257 e. The molecule has 1 heterocycles. The molecule has 0 saturated carbocycles. The first kappa shape index (κ1) is 17.5. The maximum absolute atomic E-state index is 12.9. The van der Waals surface area contributed by atoms with E-state index in [2.05, 4.69) is 30.3 Å². The van der Waals surface area contributed by atoms with Crippen molar-refractivity contribution in [2.45, 2.75) is 39.2 Å². The van der Waals surface area contributed by atoms with Crippen LogP contribution in [0.15, 0.2) is 54.6 Å². The Morgan fingerprint density at radius 2 is 1.68 bits per heavy atom. The van der Waals surface area contributed by atoms with Gasteiger partial charge in [-0.25, -0.2) is 0 Å². The first-order valence-corrected chi connectivity index (χ1v) is 9.22. The molecule has 25 heavy (non-hydrogen) atoms. The summed E-state index contributed by atoms with van der Waals surface area (Å²) in [5.41, 5.74) is 2.07. The summed E-state index contributed by atoms with van der Waals surface area (Å²) in [5, 5.41) is 0. The van der Waals surface area contributed by atoms with Crippen LogP contribution >= 0.6 is 0 Å². The Kier molecular flexibility index (Phi) is 5.75. The van der Waals surface area contributed by atoms with Crippen molar-refractivity contribution in [1.82, 2.24) is 4.90 Å². The maximum atomic E-state index is 12.9. The second-order valence-corrected chi connectivity index (χ2v) is 7.09. The van der Waals surface area contributed by atoms with Gasteiger partial charge in [-0.2, -0.15) is 0 Å². The number of benzene rings is 2. The Bertz CT molecular complexity index is 688. The molecule has 2 aromatic carbocycles. The fraction of sp³-hybridized carbons (Fsp3) is 0.409. The van der Waals surface area contributed by atoms with Crippen LogP contribution in [-0.4, -0.2) is 30.0 Å². The molecule has 0 N–H and O–H groups in total. The molecule has 0 radical (unpaired) electrons. The summed E-state index contributed by atoms with van der Waals surface area (Å²) in [4.78, 5) is 14.9. The number of ether oxygens (including phenoxy) is 1. The molecule has 1 saturated heterocycles. The van der Waals surface area contributed by atoms with E-state index in [-0.39, 0.29) is 12.0 Å². The van der Waals surface area contributed by atoms with E-state index in [1.165, 1.54) is 5.56 Å². The number of piperidine rings is 1. The minimum atomic E-state index is 0.0607. The van der Waals surface area contributed by atoms with Crippen LogP contribution < -0.4 is 4.74 Å². The molecule has 1 fully saturated rings. The van der Waals surface area contributed by atoms with Crippen LogP contribution in [0.1, 0.15) is 42.6 Å². The van der Waals surface area contributed by atoms with Gasteiger partial charge in [-0.1, -0.05) is 42.5 Å². The number of hydrogen-bond acceptors (Lipinski definition) is 2. The predicted molar refractivity (Wildman–Crippen MR) is 101 cm³/mol. The van der Waals surface area contributed by atoms with Gasteiger partial charge in [0.15, 0.2) is 0 Å². The van der Waals surface area contributed by atoms with E-state index < -0.39 is 0 Å². The van der Waals surface area contributed by atoms with Gasteiger partial charge in [0.2, 0.25) is 0 Å². The number of amides is 1. The lowest BCUT2D eigenvalue weighted by molar-refractivity contribution is 0.0684. The Morgan fingerprint density at radius 3 is 2.36 bits per heavy atom. The highest BCUT2D eigenvalue weighted by Crippen LogP contribution is 2.26. The highest BCUT2D eigenvalue weighted by Gasteiger charge is 2.25. The molecular formula is C22H27NO2. The molecule has 1 amide bonds. The fourth-order valence-corrected chi connectivity index (χ4v) is 3.46. The van der Waals surface area contributed by atoms with E-state index in [1.807, 2.05) is 43.0 Å². The van der Waals surface area contributed by atoms with E-state index in [9.17, 15) is 4.79 Å². The summed E-state index contributed by atoms with van der Waals surface area (Å²) < 4.78 is 5.81. The van der Waals surface area contributed by atoms with E-state index in [1.54, 1.807) is 0 Å². The SMILES string of the molecule is CC(C)Oc1ccccc1C(=O)N1CCC(Cc2ccccc2)CC1. The average molecular weight is 337 g/mol. The van der Waals surface area contributed by atoms with Gasteiger partial charge < -0.3 is 9.64 Å². The topological polar surface area (TPSA) is 29.5 Å². The van der Waals surface area contributed by atoms with E-state index in [0.29, 0.717) is 17.2 Å². The molecule has 3 nitrogen and oxygen atoms in total. The third-order valence-corrected chi connectivity index (χ3v) is 4.75. The molecule has 3 rings (SSSR count). The van der Waals surface area contributed by atoms with Gasteiger partial charge in [0.25, 0.3) is 5.91 Å². The normalized spacial score (nSPS) is 15.4. The molecule has 0 spiro atoms. The van der Waals surface area contributed by atoms with Gasteiger partial charge in [0.05, 0.1) is 11.7 Å². The summed E-state index contributed by atoms with van der Waals surface area (Å²) >= 11 is 0. The number of likely N-dealkylation sites (tertiary alicyclic amines) is 1. The molecule has 2 aromatic rings. The number of carbonyl (C=O) groups excluding carboxylic acids is 1. The second kappa shape index (κ2) is 8.19. The molecule has 1 aliphatic heterocycles. The van der Waals surface area contributed by atoms with Crippen LogP contribution in [0.25, 0.3) is 0 Å². The van der Waals surface area contributed by atoms with Gasteiger partial charge in [0, 0.05) is 13.1 Å². The van der Waals surface area contributed by atoms with E-state index in [4.69, 9.17) is 4.74 Å². The Labute approximate surface area is 150 Å². The second-order valence-electron chi connectivity index (χ2n) is 7.09. The van der Waals surface area contributed by atoms with Crippen molar-refractivity contribution in [2.24, 2.45) is 5.92 Å². The lowest BCUT2D eigenvalue weighted by atomic mass is 9.90.